The number of benzene rings is 2. The van der Waals surface area contributed by atoms with Crippen LogP contribution in [-0.4, -0.2) is 30.8 Å². The quantitative estimate of drug-likeness (QED) is 0.230. The summed E-state index contributed by atoms with van der Waals surface area (Å²) in [5.74, 6) is 0.0732. The maximum absolute atomic E-state index is 12.5. The molecule has 35 heavy (non-hydrogen) atoms. The van der Waals surface area contributed by atoms with Crippen molar-refractivity contribution in [2.45, 2.75) is 6.92 Å². The number of aryl methyl sites for hydroxylation is 1. The predicted octanol–water partition coefficient (Wildman–Crippen LogP) is 5.23. The van der Waals surface area contributed by atoms with Gasteiger partial charge in [0.05, 0.1) is 16.0 Å². The fourth-order valence-corrected chi connectivity index (χ4v) is 3.65. The third kappa shape index (κ3) is 4.53. The molecule has 0 aliphatic rings. The first kappa shape index (κ1) is 21.7. The summed E-state index contributed by atoms with van der Waals surface area (Å²) >= 11 is 0. The van der Waals surface area contributed by atoms with Crippen LogP contribution in [0.3, 0.4) is 0 Å². The lowest BCUT2D eigenvalue weighted by Crippen LogP contribution is -2.12. The molecule has 0 unspecified atom stereocenters. The molecular weight excluding hydrogens is 446 g/mol. The van der Waals surface area contributed by atoms with Crippen LogP contribution in [0.5, 0.6) is 0 Å². The first-order chi connectivity index (χ1) is 17.0. The molecule has 5 aromatic rings. The van der Waals surface area contributed by atoms with E-state index in [1.165, 1.54) is 24.3 Å². The molecule has 3 heterocycles. The Kier molecular flexibility index (Phi) is 5.60. The van der Waals surface area contributed by atoms with Gasteiger partial charge >= 0.3 is 0 Å². The smallest absolute Gasteiger partial charge is 0.269 e. The number of amides is 1. The van der Waals surface area contributed by atoms with Crippen molar-refractivity contribution in [2.24, 2.45) is 0 Å². The summed E-state index contributed by atoms with van der Waals surface area (Å²) in [7, 11) is 0. The number of aromatic nitrogens is 4. The van der Waals surface area contributed by atoms with Gasteiger partial charge in [-0.3, -0.25) is 19.9 Å². The Balaban J connectivity index is 1.37. The summed E-state index contributed by atoms with van der Waals surface area (Å²) in [4.78, 5) is 39.5. The molecule has 0 radical (unpaired) electrons. The number of aromatic amines is 1. The summed E-state index contributed by atoms with van der Waals surface area (Å²) < 4.78 is 0. The second kappa shape index (κ2) is 9.02. The van der Waals surface area contributed by atoms with Crippen LogP contribution in [0.25, 0.3) is 22.3 Å². The largest absolute Gasteiger partial charge is 0.358 e. The number of fused-ring (bicyclic) bond motifs is 1. The summed E-state index contributed by atoms with van der Waals surface area (Å²) in [6.45, 7) is 1.90. The van der Waals surface area contributed by atoms with Crippen molar-refractivity contribution in [3.8, 4) is 11.3 Å². The van der Waals surface area contributed by atoms with Gasteiger partial charge in [0, 0.05) is 53.2 Å². The minimum Gasteiger partial charge on any atom is -0.358 e. The molecule has 3 aromatic heterocycles. The van der Waals surface area contributed by atoms with Gasteiger partial charge < -0.3 is 15.6 Å². The van der Waals surface area contributed by atoms with Crippen molar-refractivity contribution >= 4 is 40.0 Å². The molecule has 0 saturated heterocycles. The highest BCUT2D eigenvalue weighted by Crippen LogP contribution is 2.28. The lowest BCUT2D eigenvalue weighted by Gasteiger charge is -2.12. The van der Waals surface area contributed by atoms with Crippen molar-refractivity contribution in [2.75, 3.05) is 10.6 Å². The summed E-state index contributed by atoms with van der Waals surface area (Å²) in [6, 6.07) is 16.5. The van der Waals surface area contributed by atoms with E-state index >= 15 is 0 Å². The van der Waals surface area contributed by atoms with E-state index in [1.807, 2.05) is 43.5 Å². The maximum atomic E-state index is 12.5. The first-order valence-electron chi connectivity index (χ1n) is 10.7. The van der Waals surface area contributed by atoms with Gasteiger partial charge in [-0.25, -0.2) is 9.97 Å². The molecule has 10 nitrogen and oxygen atoms in total. The SMILES string of the molecule is Cc1cc(NC(=O)c2ccc([N+](=O)[O-])cc2)ccc1Nc1nc(-c2cccnc2)c2[nH]ccc2n1. The third-order valence-corrected chi connectivity index (χ3v) is 5.41. The van der Waals surface area contributed by atoms with Gasteiger partial charge in [-0.05, 0) is 61.0 Å². The van der Waals surface area contributed by atoms with E-state index < -0.39 is 4.92 Å². The molecule has 1 amide bonds. The number of hydrogen-bond acceptors (Lipinski definition) is 7. The summed E-state index contributed by atoms with van der Waals surface area (Å²) in [5, 5.41) is 16.9. The highest BCUT2D eigenvalue weighted by atomic mass is 16.6. The Morgan fingerprint density at radius 3 is 2.60 bits per heavy atom. The average Bonchev–Trinajstić information content (AvgIpc) is 3.34. The Morgan fingerprint density at radius 2 is 1.89 bits per heavy atom. The van der Waals surface area contributed by atoms with Crippen molar-refractivity contribution < 1.29 is 9.72 Å². The number of hydrogen-bond donors (Lipinski definition) is 3. The zero-order valence-corrected chi connectivity index (χ0v) is 18.5. The number of pyridine rings is 1. The van der Waals surface area contributed by atoms with Crippen LogP contribution in [0.15, 0.2) is 79.3 Å². The molecule has 0 aliphatic carbocycles. The molecule has 3 N–H and O–H groups in total. The Bertz CT molecular complexity index is 1550. The Hall–Kier alpha value is -5.12. The molecule has 172 valence electrons. The number of non-ortho nitro benzene ring substituents is 1. The highest BCUT2D eigenvalue weighted by Gasteiger charge is 2.13. The van der Waals surface area contributed by atoms with Crippen molar-refractivity contribution in [1.29, 1.82) is 0 Å². The minimum absolute atomic E-state index is 0.0699. The number of nitrogens with one attached hydrogen (secondary N) is 3. The number of anilines is 3. The fraction of sp³-hybridized carbons (Fsp3) is 0.0400. The zero-order chi connectivity index (χ0) is 24.4. The van der Waals surface area contributed by atoms with E-state index in [4.69, 9.17) is 4.98 Å². The van der Waals surface area contributed by atoms with E-state index in [2.05, 4.69) is 25.6 Å². The summed E-state index contributed by atoms with van der Waals surface area (Å²) in [5.41, 5.74) is 5.69. The number of rotatable bonds is 6. The van der Waals surface area contributed by atoms with Crippen LogP contribution >= 0.6 is 0 Å². The predicted molar refractivity (Wildman–Crippen MR) is 133 cm³/mol. The minimum atomic E-state index is -0.506. The number of carbonyl (C=O) groups excluding carboxylic acids is 1. The number of nitrogens with zero attached hydrogens (tertiary/aromatic N) is 4. The number of H-pyrrole nitrogens is 1. The molecule has 10 heteroatoms. The van der Waals surface area contributed by atoms with E-state index in [9.17, 15) is 14.9 Å². The Labute approximate surface area is 199 Å². The standard InChI is InChI=1S/C25H19N7O3/c1-15-13-18(28-24(33)16-4-7-19(8-5-16)32(34)35)6-9-20(15)29-25-30-21-10-12-27-23(21)22(31-25)17-3-2-11-26-14-17/h2-14,27H,1H3,(H,28,33)(H,29,30,31). The number of nitro groups is 1. The van der Waals surface area contributed by atoms with Gasteiger partial charge in [0.2, 0.25) is 5.95 Å². The molecule has 0 fully saturated rings. The van der Waals surface area contributed by atoms with Gasteiger partial charge in [-0.1, -0.05) is 0 Å². The van der Waals surface area contributed by atoms with Gasteiger partial charge in [0.1, 0.15) is 5.69 Å². The second-order valence-electron chi connectivity index (χ2n) is 7.79. The third-order valence-electron chi connectivity index (χ3n) is 5.41. The monoisotopic (exact) mass is 465 g/mol. The molecular formula is C25H19N7O3. The van der Waals surface area contributed by atoms with Crippen LogP contribution in [0.4, 0.5) is 23.0 Å². The first-order valence-corrected chi connectivity index (χ1v) is 10.7. The maximum Gasteiger partial charge on any atom is 0.269 e. The van der Waals surface area contributed by atoms with E-state index in [1.54, 1.807) is 18.5 Å². The zero-order valence-electron chi connectivity index (χ0n) is 18.5. The molecule has 0 bridgehead atoms. The van der Waals surface area contributed by atoms with Gasteiger partial charge in [-0.2, -0.15) is 0 Å². The Morgan fingerprint density at radius 1 is 1.06 bits per heavy atom. The van der Waals surface area contributed by atoms with Crippen LogP contribution in [-0.2, 0) is 0 Å². The highest BCUT2D eigenvalue weighted by molar-refractivity contribution is 6.04. The van der Waals surface area contributed by atoms with Crippen LogP contribution < -0.4 is 10.6 Å². The van der Waals surface area contributed by atoms with Gasteiger partial charge in [0.25, 0.3) is 11.6 Å². The average molecular weight is 465 g/mol. The second-order valence-corrected chi connectivity index (χ2v) is 7.79. The molecule has 0 spiro atoms. The number of carbonyl (C=O) groups is 1. The molecule has 0 atom stereocenters. The lowest BCUT2D eigenvalue weighted by atomic mass is 10.1. The van der Waals surface area contributed by atoms with E-state index in [-0.39, 0.29) is 11.6 Å². The van der Waals surface area contributed by atoms with E-state index in [0.717, 1.165) is 33.5 Å². The molecule has 0 aliphatic heterocycles. The van der Waals surface area contributed by atoms with E-state index in [0.29, 0.717) is 17.2 Å². The molecule has 0 saturated carbocycles. The van der Waals surface area contributed by atoms with Crippen LogP contribution in [0, 0.1) is 17.0 Å². The van der Waals surface area contributed by atoms with Gasteiger partial charge in [0.15, 0.2) is 0 Å². The van der Waals surface area contributed by atoms with Crippen molar-refractivity contribution in [1.82, 2.24) is 19.9 Å². The fourth-order valence-electron chi connectivity index (χ4n) is 3.65. The van der Waals surface area contributed by atoms with Crippen molar-refractivity contribution in [3.63, 3.8) is 0 Å². The van der Waals surface area contributed by atoms with Crippen LogP contribution in [0.2, 0.25) is 0 Å². The lowest BCUT2D eigenvalue weighted by molar-refractivity contribution is -0.384. The molecule has 2 aromatic carbocycles. The molecule has 5 rings (SSSR count). The number of nitro benzene ring substituents is 1. The van der Waals surface area contributed by atoms with Crippen molar-refractivity contribution in [3.05, 3.63) is 100 Å². The topological polar surface area (TPSA) is 139 Å². The summed E-state index contributed by atoms with van der Waals surface area (Å²) in [6.07, 6.45) is 5.28. The van der Waals surface area contributed by atoms with Crippen LogP contribution in [0.1, 0.15) is 15.9 Å². The normalized spacial score (nSPS) is 10.8. The van der Waals surface area contributed by atoms with Gasteiger partial charge in [-0.15, -0.1) is 0 Å².